The molecule has 0 saturated carbocycles. The van der Waals surface area contributed by atoms with Gasteiger partial charge >= 0.3 is 5.97 Å². The van der Waals surface area contributed by atoms with Crippen molar-refractivity contribution in [1.29, 1.82) is 0 Å². The number of anilines is 1. The maximum absolute atomic E-state index is 13.6. The van der Waals surface area contributed by atoms with E-state index in [1.165, 1.54) is 36.4 Å². The van der Waals surface area contributed by atoms with Crippen LogP contribution in [-0.4, -0.2) is 17.0 Å². The first-order valence-electron chi connectivity index (χ1n) is 5.57. The second kappa shape index (κ2) is 5.83. The Kier molecular flexibility index (Phi) is 4.14. The third kappa shape index (κ3) is 3.21. The molecule has 20 heavy (non-hydrogen) atoms. The molecule has 0 aliphatic rings. The number of hydrogen-bond donors (Lipinski definition) is 2. The molecule has 0 aliphatic carbocycles. The summed E-state index contributed by atoms with van der Waals surface area (Å²) in [5.41, 5.74) is 0.384. The summed E-state index contributed by atoms with van der Waals surface area (Å²) in [7, 11) is 0. The molecule has 2 aromatic rings. The van der Waals surface area contributed by atoms with Crippen molar-refractivity contribution >= 4 is 33.5 Å². The van der Waals surface area contributed by atoms with E-state index in [0.717, 1.165) is 0 Å². The molecule has 0 atom stereocenters. The second-order valence-electron chi connectivity index (χ2n) is 3.96. The number of hydrogen-bond acceptors (Lipinski definition) is 2. The average Bonchev–Trinajstić information content (AvgIpc) is 2.42. The maximum atomic E-state index is 13.6. The maximum Gasteiger partial charge on any atom is 0.335 e. The van der Waals surface area contributed by atoms with Crippen molar-refractivity contribution in [3.63, 3.8) is 0 Å². The van der Waals surface area contributed by atoms with Gasteiger partial charge in [0.2, 0.25) is 0 Å². The lowest BCUT2D eigenvalue weighted by Gasteiger charge is -2.07. The molecule has 0 bridgehead atoms. The van der Waals surface area contributed by atoms with Crippen LogP contribution in [0.3, 0.4) is 0 Å². The van der Waals surface area contributed by atoms with Gasteiger partial charge in [-0.2, -0.15) is 0 Å². The Morgan fingerprint density at radius 3 is 2.20 bits per heavy atom. The van der Waals surface area contributed by atoms with E-state index in [4.69, 9.17) is 5.11 Å². The summed E-state index contributed by atoms with van der Waals surface area (Å²) < 4.78 is 14.1. The number of halogens is 2. The van der Waals surface area contributed by atoms with Crippen LogP contribution < -0.4 is 5.32 Å². The number of carbonyl (C=O) groups is 2. The standard InChI is InChI=1S/C14H9BrFNO3/c15-10-5-6-12(11(16)7-10)17-13(18)8-1-3-9(4-2-8)14(19)20/h1-7H,(H,17,18)(H,19,20). The Morgan fingerprint density at radius 1 is 1.05 bits per heavy atom. The van der Waals surface area contributed by atoms with Gasteiger partial charge in [0.15, 0.2) is 0 Å². The minimum atomic E-state index is -1.07. The van der Waals surface area contributed by atoms with Gasteiger partial charge in [0.05, 0.1) is 11.3 Å². The van der Waals surface area contributed by atoms with E-state index in [2.05, 4.69) is 21.2 Å². The van der Waals surface area contributed by atoms with E-state index in [-0.39, 0.29) is 16.8 Å². The SMILES string of the molecule is O=C(O)c1ccc(C(=O)Nc2ccc(Br)cc2F)cc1. The summed E-state index contributed by atoms with van der Waals surface area (Å²) in [4.78, 5) is 22.6. The first-order chi connectivity index (χ1) is 9.47. The van der Waals surface area contributed by atoms with Crippen LogP contribution in [0.5, 0.6) is 0 Å². The van der Waals surface area contributed by atoms with Gasteiger partial charge in [-0.3, -0.25) is 4.79 Å². The van der Waals surface area contributed by atoms with Crippen molar-refractivity contribution in [1.82, 2.24) is 0 Å². The molecule has 0 radical (unpaired) electrons. The molecular weight excluding hydrogens is 329 g/mol. The fraction of sp³-hybridized carbons (Fsp3) is 0. The molecular formula is C14H9BrFNO3. The van der Waals surface area contributed by atoms with Gasteiger partial charge in [0.1, 0.15) is 5.82 Å². The van der Waals surface area contributed by atoms with E-state index in [0.29, 0.717) is 4.47 Å². The van der Waals surface area contributed by atoms with E-state index >= 15 is 0 Å². The van der Waals surface area contributed by atoms with E-state index in [9.17, 15) is 14.0 Å². The average molecular weight is 338 g/mol. The molecule has 1 amide bonds. The Bertz CT molecular complexity index is 671. The predicted octanol–water partition coefficient (Wildman–Crippen LogP) is 3.54. The zero-order valence-electron chi connectivity index (χ0n) is 10.1. The minimum absolute atomic E-state index is 0.0560. The van der Waals surface area contributed by atoms with Crippen molar-refractivity contribution in [2.75, 3.05) is 5.32 Å². The summed E-state index contributed by atoms with van der Waals surface area (Å²) in [5.74, 6) is -2.14. The van der Waals surface area contributed by atoms with E-state index in [1.807, 2.05) is 0 Å². The van der Waals surface area contributed by atoms with Gasteiger partial charge in [0.25, 0.3) is 5.91 Å². The number of carboxylic acid groups (broad SMARTS) is 1. The van der Waals surface area contributed by atoms with E-state index < -0.39 is 17.7 Å². The Labute approximate surface area is 122 Å². The normalized spacial score (nSPS) is 10.1. The van der Waals surface area contributed by atoms with Crippen molar-refractivity contribution in [2.24, 2.45) is 0 Å². The van der Waals surface area contributed by atoms with Crippen LogP contribution in [0.15, 0.2) is 46.9 Å². The third-order valence-electron chi connectivity index (χ3n) is 2.57. The van der Waals surface area contributed by atoms with E-state index in [1.54, 1.807) is 6.07 Å². The number of amides is 1. The third-order valence-corrected chi connectivity index (χ3v) is 3.07. The van der Waals surface area contributed by atoms with Gasteiger partial charge in [-0.1, -0.05) is 15.9 Å². The topological polar surface area (TPSA) is 66.4 Å². The molecule has 6 heteroatoms. The quantitative estimate of drug-likeness (QED) is 0.900. The predicted molar refractivity (Wildman–Crippen MR) is 75.5 cm³/mol. The van der Waals surface area contributed by atoms with Gasteiger partial charge in [-0.05, 0) is 42.5 Å². The molecule has 2 N–H and O–H groups in total. The van der Waals surface area contributed by atoms with Crippen LogP contribution in [0.25, 0.3) is 0 Å². The lowest BCUT2D eigenvalue weighted by molar-refractivity contribution is 0.0696. The number of aromatic carboxylic acids is 1. The Hall–Kier alpha value is -2.21. The first kappa shape index (κ1) is 14.2. The fourth-order valence-electron chi connectivity index (χ4n) is 1.55. The molecule has 0 unspecified atom stereocenters. The lowest BCUT2D eigenvalue weighted by Crippen LogP contribution is -2.13. The van der Waals surface area contributed by atoms with Crippen LogP contribution in [0.2, 0.25) is 0 Å². The molecule has 0 aromatic heterocycles. The molecule has 102 valence electrons. The molecule has 0 spiro atoms. The zero-order chi connectivity index (χ0) is 14.7. The Balaban J connectivity index is 2.17. The van der Waals surface area contributed by atoms with Crippen LogP contribution >= 0.6 is 15.9 Å². The first-order valence-corrected chi connectivity index (χ1v) is 6.36. The number of benzene rings is 2. The van der Waals surface area contributed by atoms with Crippen LogP contribution in [0.4, 0.5) is 10.1 Å². The van der Waals surface area contributed by atoms with Gasteiger partial charge < -0.3 is 10.4 Å². The zero-order valence-corrected chi connectivity index (χ0v) is 11.6. The summed E-state index contributed by atoms with van der Waals surface area (Å²) >= 11 is 3.12. The van der Waals surface area contributed by atoms with Crippen LogP contribution in [0.1, 0.15) is 20.7 Å². The fourth-order valence-corrected chi connectivity index (χ4v) is 1.88. The second-order valence-corrected chi connectivity index (χ2v) is 4.88. The molecule has 2 rings (SSSR count). The Morgan fingerprint density at radius 2 is 1.65 bits per heavy atom. The van der Waals surface area contributed by atoms with Crippen LogP contribution in [-0.2, 0) is 0 Å². The number of carboxylic acids is 1. The summed E-state index contributed by atoms with van der Waals surface area (Å²) in [5, 5.41) is 11.2. The highest BCUT2D eigenvalue weighted by molar-refractivity contribution is 9.10. The number of carbonyl (C=O) groups excluding carboxylic acids is 1. The number of nitrogens with one attached hydrogen (secondary N) is 1. The van der Waals surface area contributed by atoms with Gasteiger partial charge in [-0.15, -0.1) is 0 Å². The lowest BCUT2D eigenvalue weighted by atomic mass is 10.1. The molecule has 2 aromatic carbocycles. The monoisotopic (exact) mass is 337 g/mol. The highest BCUT2D eigenvalue weighted by Gasteiger charge is 2.10. The minimum Gasteiger partial charge on any atom is -0.478 e. The largest absolute Gasteiger partial charge is 0.478 e. The summed E-state index contributed by atoms with van der Waals surface area (Å²) in [6, 6.07) is 9.65. The smallest absolute Gasteiger partial charge is 0.335 e. The van der Waals surface area contributed by atoms with Crippen molar-refractivity contribution in [2.45, 2.75) is 0 Å². The number of rotatable bonds is 3. The molecule has 0 fully saturated rings. The molecule has 0 heterocycles. The summed E-state index contributed by atoms with van der Waals surface area (Å²) in [6.07, 6.45) is 0. The van der Waals surface area contributed by atoms with Crippen molar-refractivity contribution in [3.05, 3.63) is 63.9 Å². The van der Waals surface area contributed by atoms with Crippen molar-refractivity contribution < 1.29 is 19.1 Å². The highest BCUT2D eigenvalue weighted by Crippen LogP contribution is 2.20. The summed E-state index contributed by atoms with van der Waals surface area (Å²) in [6.45, 7) is 0. The van der Waals surface area contributed by atoms with Gasteiger partial charge in [0, 0.05) is 10.0 Å². The highest BCUT2D eigenvalue weighted by atomic mass is 79.9. The van der Waals surface area contributed by atoms with Gasteiger partial charge in [-0.25, -0.2) is 9.18 Å². The molecule has 4 nitrogen and oxygen atoms in total. The molecule has 0 saturated heterocycles. The van der Waals surface area contributed by atoms with Crippen LogP contribution in [0, 0.1) is 5.82 Å². The van der Waals surface area contributed by atoms with Crippen molar-refractivity contribution in [3.8, 4) is 0 Å². The molecule has 0 aliphatic heterocycles.